The van der Waals surface area contributed by atoms with Gasteiger partial charge in [-0.3, -0.25) is 9.59 Å². The van der Waals surface area contributed by atoms with Crippen molar-refractivity contribution in [2.24, 2.45) is 0 Å². The Labute approximate surface area is 128 Å². The lowest BCUT2D eigenvalue weighted by Crippen LogP contribution is -2.13. The zero-order chi connectivity index (χ0) is 15.0. The second-order valence-electron chi connectivity index (χ2n) is 4.53. The summed E-state index contributed by atoms with van der Waals surface area (Å²) >= 11 is 3.06. The maximum absolute atomic E-state index is 12.3. The predicted octanol–water partition coefficient (Wildman–Crippen LogP) is 3.08. The van der Waals surface area contributed by atoms with Crippen molar-refractivity contribution in [2.75, 3.05) is 0 Å². The van der Waals surface area contributed by atoms with Gasteiger partial charge in [0.05, 0.1) is 5.39 Å². The van der Waals surface area contributed by atoms with Gasteiger partial charge in [-0.2, -0.15) is 0 Å². The number of ether oxygens (including phenoxy) is 1. The highest BCUT2D eigenvalue weighted by Gasteiger charge is 2.14. The summed E-state index contributed by atoms with van der Waals surface area (Å²) in [5.74, 6) is -0.0443. The first kappa shape index (κ1) is 14.0. The first-order valence-corrected chi connectivity index (χ1v) is 7.95. The molecule has 5 nitrogen and oxygen atoms in total. The average molecular weight is 320 g/mol. The highest BCUT2D eigenvalue weighted by molar-refractivity contribution is 7.19. The van der Waals surface area contributed by atoms with E-state index in [1.807, 2.05) is 24.4 Å². The second kappa shape index (κ2) is 5.42. The van der Waals surface area contributed by atoms with Crippen LogP contribution in [0, 0.1) is 6.92 Å². The van der Waals surface area contributed by atoms with E-state index >= 15 is 0 Å². The summed E-state index contributed by atoms with van der Waals surface area (Å²) < 4.78 is 4.86. The number of H-pyrrole nitrogens is 1. The Kier molecular flexibility index (Phi) is 3.60. The van der Waals surface area contributed by atoms with Gasteiger partial charge in [-0.25, -0.2) is 4.98 Å². The fraction of sp³-hybridized carbons (Fsp3) is 0.214. The fourth-order valence-corrected chi connectivity index (χ4v) is 3.91. The molecule has 0 unspecified atom stereocenters. The van der Waals surface area contributed by atoms with Crippen LogP contribution in [-0.4, -0.2) is 15.9 Å². The van der Waals surface area contributed by atoms with Crippen LogP contribution in [0.1, 0.15) is 17.6 Å². The normalized spacial score (nSPS) is 11.0. The van der Waals surface area contributed by atoms with Crippen LogP contribution < -0.4 is 5.56 Å². The Morgan fingerprint density at radius 2 is 2.24 bits per heavy atom. The summed E-state index contributed by atoms with van der Waals surface area (Å²) in [6.45, 7) is 3.33. The van der Waals surface area contributed by atoms with Gasteiger partial charge in [0, 0.05) is 27.6 Å². The van der Waals surface area contributed by atoms with Crippen LogP contribution in [0.5, 0.6) is 0 Å². The molecule has 1 N–H and O–H groups in total. The van der Waals surface area contributed by atoms with Crippen molar-refractivity contribution < 1.29 is 9.53 Å². The van der Waals surface area contributed by atoms with Crippen LogP contribution in [0.2, 0.25) is 0 Å². The number of rotatable bonds is 3. The standard InChI is InChI=1S/C14H12N2O3S2/c1-7-3-4-10(21-7)9-6-20-14-12(9)13(18)15-11(16-14)5-19-8(2)17/h3-4,6H,5H2,1-2H3,(H,15,16,18). The van der Waals surface area contributed by atoms with Gasteiger partial charge in [-0.15, -0.1) is 22.7 Å². The number of aromatic nitrogens is 2. The third kappa shape index (κ3) is 2.74. The Bertz CT molecular complexity index is 876. The second-order valence-corrected chi connectivity index (χ2v) is 6.68. The van der Waals surface area contributed by atoms with Crippen molar-refractivity contribution in [3.05, 3.63) is 38.6 Å². The maximum Gasteiger partial charge on any atom is 0.303 e. The molecule has 0 amide bonds. The fourth-order valence-electron chi connectivity index (χ4n) is 1.99. The van der Waals surface area contributed by atoms with Gasteiger partial charge < -0.3 is 9.72 Å². The summed E-state index contributed by atoms with van der Waals surface area (Å²) in [6, 6.07) is 4.04. The molecule has 0 aliphatic rings. The minimum atomic E-state index is -0.404. The third-order valence-electron chi connectivity index (χ3n) is 2.91. The molecule has 0 aromatic carbocycles. The molecule has 21 heavy (non-hydrogen) atoms. The lowest BCUT2D eigenvalue weighted by molar-refractivity contribution is -0.142. The van der Waals surface area contributed by atoms with Gasteiger partial charge in [-0.1, -0.05) is 0 Å². The summed E-state index contributed by atoms with van der Waals surface area (Å²) in [7, 11) is 0. The molecule has 3 aromatic rings. The SMILES string of the molecule is CC(=O)OCc1nc2scc(-c3ccc(C)s3)c2c(=O)[nH]1. The van der Waals surface area contributed by atoms with E-state index < -0.39 is 5.97 Å². The molecule has 108 valence electrons. The van der Waals surface area contributed by atoms with E-state index in [1.165, 1.54) is 23.1 Å². The van der Waals surface area contributed by atoms with E-state index in [-0.39, 0.29) is 12.2 Å². The molecular formula is C14H12N2O3S2. The van der Waals surface area contributed by atoms with Gasteiger partial charge in [0.1, 0.15) is 17.3 Å². The minimum absolute atomic E-state index is 0.0220. The van der Waals surface area contributed by atoms with Gasteiger partial charge in [0.2, 0.25) is 0 Å². The lowest BCUT2D eigenvalue weighted by Gasteiger charge is -2.01. The smallest absolute Gasteiger partial charge is 0.303 e. The van der Waals surface area contributed by atoms with E-state index in [9.17, 15) is 9.59 Å². The molecule has 3 aromatic heterocycles. The van der Waals surface area contributed by atoms with Crippen molar-refractivity contribution in [3.8, 4) is 10.4 Å². The van der Waals surface area contributed by atoms with E-state index in [1.54, 1.807) is 11.3 Å². The molecule has 0 saturated heterocycles. The lowest BCUT2D eigenvalue weighted by atomic mass is 10.2. The predicted molar refractivity (Wildman–Crippen MR) is 83.8 cm³/mol. The minimum Gasteiger partial charge on any atom is -0.458 e. The van der Waals surface area contributed by atoms with Gasteiger partial charge >= 0.3 is 5.97 Å². The molecule has 0 aliphatic heterocycles. The number of fused-ring (bicyclic) bond motifs is 1. The number of nitrogens with one attached hydrogen (secondary N) is 1. The highest BCUT2D eigenvalue weighted by atomic mass is 32.1. The van der Waals surface area contributed by atoms with E-state index in [0.29, 0.717) is 16.0 Å². The number of esters is 1. The van der Waals surface area contributed by atoms with Gasteiger partial charge in [0.25, 0.3) is 5.56 Å². The molecule has 0 atom stereocenters. The molecule has 0 saturated carbocycles. The highest BCUT2D eigenvalue weighted by Crippen LogP contribution is 2.34. The van der Waals surface area contributed by atoms with Crippen LogP contribution in [0.3, 0.4) is 0 Å². The number of thiophene rings is 2. The van der Waals surface area contributed by atoms with Crippen molar-refractivity contribution in [1.29, 1.82) is 0 Å². The maximum atomic E-state index is 12.3. The molecular weight excluding hydrogens is 308 g/mol. The van der Waals surface area contributed by atoms with Crippen LogP contribution in [0.15, 0.2) is 22.3 Å². The molecule has 0 fully saturated rings. The zero-order valence-electron chi connectivity index (χ0n) is 11.4. The van der Waals surface area contributed by atoms with E-state index in [4.69, 9.17) is 4.74 Å². The molecule has 7 heteroatoms. The van der Waals surface area contributed by atoms with Crippen molar-refractivity contribution in [3.63, 3.8) is 0 Å². The number of hydrogen-bond donors (Lipinski definition) is 1. The van der Waals surface area contributed by atoms with Crippen LogP contribution in [0.4, 0.5) is 0 Å². The van der Waals surface area contributed by atoms with Gasteiger partial charge in [-0.05, 0) is 19.1 Å². The van der Waals surface area contributed by atoms with Crippen molar-refractivity contribution in [1.82, 2.24) is 9.97 Å². The zero-order valence-corrected chi connectivity index (χ0v) is 13.1. The topological polar surface area (TPSA) is 72.0 Å². The summed E-state index contributed by atoms with van der Waals surface area (Å²) in [6.07, 6.45) is 0. The van der Waals surface area contributed by atoms with Crippen molar-refractivity contribution in [2.45, 2.75) is 20.5 Å². The molecule has 0 bridgehead atoms. The van der Waals surface area contributed by atoms with Crippen LogP contribution >= 0.6 is 22.7 Å². The van der Waals surface area contributed by atoms with Gasteiger partial charge in [0.15, 0.2) is 0 Å². The number of nitrogens with zero attached hydrogens (tertiary/aromatic N) is 1. The molecule has 0 aliphatic carbocycles. The van der Waals surface area contributed by atoms with Crippen molar-refractivity contribution >= 4 is 38.9 Å². The molecule has 3 rings (SSSR count). The first-order valence-electron chi connectivity index (χ1n) is 6.25. The number of aromatic amines is 1. The Morgan fingerprint density at radius 3 is 2.90 bits per heavy atom. The van der Waals surface area contributed by atoms with E-state index in [0.717, 1.165) is 10.4 Å². The molecule has 0 radical (unpaired) electrons. The Morgan fingerprint density at radius 1 is 1.43 bits per heavy atom. The number of aryl methyl sites for hydroxylation is 1. The molecule has 3 heterocycles. The summed E-state index contributed by atoms with van der Waals surface area (Å²) in [5, 5.41) is 2.53. The quantitative estimate of drug-likeness (QED) is 0.753. The monoisotopic (exact) mass is 320 g/mol. The average Bonchev–Trinajstić information content (AvgIpc) is 3.02. The molecule has 0 spiro atoms. The third-order valence-corrected chi connectivity index (χ3v) is 4.82. The number of carbonyl (C=O) groups excluding carboxylic acids is 1. The Hall–Kier alpha value is -1.99. The number of carbonyl (C=O) groups is 1. The summed E-state index contributed by atoms with van der Waals surface area (Å²) in [5.41, 5.74) is 0.699. The Balaban J connectivity index is 2.07. The summed E-state index contributed by atoms with van der Waals surface area (Å²) in [4.78, 5) is 33.0. The van der Waals surface area contributed by atoms with Crippen LogP contribution in [0.25, 0.3) is 20.7 Å². The first-order chi connectivity index (χ1) is 10.0. The largest absolute Gasteiger partial charge is 0.458 e. The van der Waals surface area contributed by atoms with E-state index in [2.05, 4.69) is 9.97 Å². The number of hydrogen-bond acceptors (Lipinski definition) is 6. The van der Waals surface area contributed by atoms with Crippen LogP contribution in [-0.2, 0) is 16.1 Å².